The molecule has 0 saturated carbocycles. The van der Waals surface area contributed by atoms with Gasteiger partial charge >= 0.3 is 6.18 Å². The highest BCUT2D eigenvalue weighted by molar-refractivity contribution is 5.67. The average Bonchev–Trinajstić information content (AvgIpc) is 2.32. The number of hydrogen-bond donors (Lipinski definition) is 2. The first kappa shape index (κ1) is 15.7. The molecule has 1 unspecified atom stereocenters. The molecule has 0 bridgehead atoms. The molecule has 1 rings (SSSR count). The van der Waals surface area contributed by atoms with Crippen molar-refractivity contribution in [3.63, 3.8) is 0 Å². The van der Waals surface area contributed by atoms with Crippen LogP contribution in [0.5, 0.6) is 0 Å². The molecule has 0 heterocycles. The van der Waals surface area contributed by atoms with E-state index in [4.69, 9.17) is 5.73 Å². The van der Waals surface area contributed by atoms with Crippen molar-refractivity contribution in [1.82, 2.24) is 0 Å². The molecule has 1 aromatic carbocycles. The van der Waals surface area contributed by atoms with E-state index in [1.807, 2.05) is 6.92 Å². The van der Waals surface area contributed by atoms with Crippen molar-refractivity contribution in [2.45, 2.75) is 45.8 Å². The van der Waals surface area contributed by atoms with Crippen LogP contribution in [0.4, 0.5) is 24.5 Å². The largest absolute Gasteiger partial charge is 0.416 e. The molecular weight excluding hydrogens is 253 g/mol. The lowest BCUT2D eigenvalue weighted by molar-refractivity contribution is -0.137. The molecule has 2 nitrogen and oxygen atoms in total. The molecule has 0 spiro atoms. The number of halogens is 3. The Morgan fingerprint density at radius 3 is 2.21 bits per heavy atom. The molecular formula is C14H21F3N2. The maximum Gasteiger partial charge on any atom is 0.416 e. The van der Waals surface area contributed by atoms with Crippen molar-refractivity contribution in [1.29, 1.82) is 0 Å². The van der Waals surface area contributed by atoms with Crippen molar-refractivity contribution >= 4 is 11.4 Å². The summed E-state index contributed by atoms with van der Waals surface area (Å²) in [5.74, 6) is 0.474. The average molecular weight is 274 g/mol. The summed E-state index contributed by atoms with van der Waals surface area (Å²) in [6, 6.07) is 3.60. The van der Waals surface area contributed by atoms with Gasteiger partial charge in [0.1, 0.15) is 0 Å². The first-order valence-corrected chi connectivity index (χ1v) is 6.52. The van der Waals surface area contributed by atoms with Gasteiger partial charge in [0.25, 0.3) is 0 Å². The van der Waals surface area contributed by atoms with Crippen LogP contribution in [0.3, 0.4) is 0 Å². The monoisotopic (exact) mass is 274 g/mol. The van der Waals surface area contributed by atoms with Gasteiger partial charge in [-0.05, 0) is 31.0 Å². The van der Waals surface area contributed by atoms with E-state index < -0.39 is 11.7 Å². The Hall–Kier alpha value is -1.39. The number of rotatable bonds is 5. The van der Waals surface area contributed by atoms with Gasteiger partial charge in [0.15, 0.2) is 0 Å². The van der Waals surface area contributed by atoms with Crippen molar-refractivity contribution in [3.05, 3.63) is 23.8 Å². The minimum atomic E-state index is -4.35. The van der Waals surface area contributed by atoms with E-state index in [-0.39, 0.29) is 11.7 Å². The van der Waals surface area contributed by atoms with E-state index in [0.717, 1.165) is 25.0 Å². The van der Waals surface area contributed by atoms with Crippen LogP contribution in [-0.2, 0) is 6.18 Å². The molecule has 19 heavy (non-hydrogen) atoms. The summed E-state index contributed by atoms with van der Waals surface area (Å²) in [5.41, 5.74) is 5.66. The number of hydrogen-bond acceptors (Lipinski definition) is 2. The highest BCUT2D eigenvalue weighted by Gasteiger charge is 2.30. The highest BCUT2D eigenvalue weighted by Crippen LogP contribution is 2.33. The molecule has 0 aromatic heterocycles. The van der Waals surface area contributed by atoms with Gasteiger partial charge in [-0.15, -0.1) is 0 Å². The van der Waals surface area contributed by atoms with E-state index in [1.54, 1.807) is 0 Å². The topological polar surface area (TPSA) is 38.0 Å². The summed E-state index contributed by atoms with van der Waals surface area (Å²) < 4.78 is 37.6. The lowest BCUT2D eigenvalue weighted by atomic mass is 9.95. The SMILES string of the molecule is CCC(CC)C(C)Nc1ccc(C(F)(F)F)cc1N. The van der Waals surface area contributed by atoms with E-state index >= 15 is 0 Å². The Kier molecular flexibility index (Phi) is 5.09. The fourth-order valence-corrected chi connectivity index (χ4v) is 2.23. The third-order valence-corrected chi connectivity index (χ3v) is 3.52. The second kappa shape index (κ2) is 6.17. The number of alkyl halides is 3. The summed E-state index contributed by atoms with van der Waals surface area (Å²) in [5, 5.41) is 3.20. The van der Waals surface area contributed by atoms with Gasteiger partial charge in [-0.1, -0.05) is 26.7 Å². The number of benzene rings is 1. The fourth-order valence-electron chi connectivity index (χ4n) is 2.23. The Morgan fingerprint density at radius 2 is 1.79 bits per heavy atom. The minimum absolute atomic E-state index is 0.132. The molecule has 0 aliphatic heterocycles. The molecule has 0 amide bonds. The van der Waals surface area contributed by atoms with Crippen LogP contribution in [-0.4, -0.2) is 6.04 Å². The maximum absolute atomic E-state index is 12.5. The number of anilines is 2. The molecule has 1 aromatic rings. The molecule has 1 atom stereocenters. The molecule has 0 saturated heterocycles. The minimum Gasteiger partial charge on any atom is -0.397 e. The van der Waals surface area contributed by atoms with Gasteiger partial charge in [-0.3, -0.25) is 0 Å². The first-order valence-electron chi connectivity index (χ1n) is 6.52. The van der Waals surface area contributed by atoms with Crippen molar-refractivity contribution in [2.24, 2.45) is 5.92 Å². The van der Waals surface area contributed by atoms with E-state index in [2.05, 4.69) is 19.2 Å². The summed E-state index contributed by atoms with van der Waals surface area (Å²) in [6.07, 6.45) is -2.32. The Balaban J connectivity index is 2.86. The predicted molar refractivity (Wildman–Crippen MR) is 73.0 cm³/mol. The summed E-state index contributed by atoms with van der Waals surface area (Å²) >= 11 is 0. The Morgan fingerprint density at radius 1 is 1.21 bits per heavy atom. The van der Waals surface area contributed by atoms with Crippen molar-refractivity contribution in [3.8, 4) is 0 Å². The van der Waals surface area contributed by atoms with Crippen LogP contribution in [0.25, 0.3) is 0 Å². The van der Waals surface area contributed by atoms with Crippen LogP contribution in [0.1, 0.15) is 39.2 Å². The zero-order valence-corrected chi connectivity index (χ0v) is 11.5. The van der Waals surface area contributed by atoms with Crippen LogP contribution in [0.2, 0.25) is 0 Å². The molecule has 0 fully saturated rings. The number of nitrogen functional groups attached to an aromatic ring is 1. The van der Waals surface area contributed by atoms with E-state index in [0.29, 0.717) is 11.6 Å². The van der Waals surface area contributed by atoms with E-state index in [9.17, 15) is 13.2 Å². The third kappa shape index (κ3) is 4.04. The summed E-state index contributed by atoms with van der Waals surface area (Å²) in [4.78, 5) is 0. The van der Waals surface area contributed by atoms with E-state index in [1.165, 1.54) is 6.07 Å². The first-order chi connectivity index (χ1) is 8.79. The fraction of sp³-hybridized carbons (Fsp3) is 0.571. The highest BCUT2D eigenvalue weighted by atomic mass is 19.4. The zero-order valence-electron chi connectivity index (χ0n) is 11.5. The lowest BCUT2D eigenvalue weighted by Crippen LogP contribution is -2.25. The molecule has 0 aliphatic carbocycles. The number of nitrogens with two attached hydrogens (primary N) is 1. The Bertz CT molecular complexity index is 412. The van der Waals surface area contributed by atoms with Crippen LogP contribution in [0.15, 0.2) is 18.2 Å². The third-order valence-electron chi connectivity index (χ3n) is 3.52. The molecule has 0 aliphatic rings. The van der Waals surface area contributed by atoms with Gasteiger partial charge in [0.05, 0.1) is 16.9 Å². The lowest BCUT2D eigenvalue weighted by Gasteiger charge is -2.24. The predicted octanol–water partition coefficient (Wildman–Crippen LogP) is 4.52. The molecule has 0 radical (unpaired) electrons. The van der Waals surface area contributed by atoms with Crippen LogP contribution >= 0.6 is 0 Å². The normalized spacial score (nSPS) is 13.6. The number of nitrogens with one attached hydrogen (secondary N) is 1. The quantitative estimate of drug-likeness (QED) is 0.774. The second-order valence-electron chi connectivity index (χ2n) is 4.81. The smallest absolute Gasteiger partial charge is 0.397 e. The van der Waals surface area contributed by atoms with Crippen molar-refractivity contribution in [2.75, 3.05) is 11.1 Å². The van der Waals surface area contributed by atoms with Gasteiger partial charge in [-0.25, -0.2) is 0 Å². The standard InChI is InChI=1S/C14H21F3N2/c1-4-10(5-2)9(3)19-13-7-6-11(8-12(13)18)14(15,16)17/h6-10,19H,4-5,18H2,1-3H3. The van der Waals surface area contributed by atoms with Crippen LogP contribution < -0.4 is 11.1 Å². The Labute approximate surface area is 112 Å². The summed E-state index contributed by atoms with van der Waals surface area (Å²) in [7, 11) is 0. The maximum atomic E-state index is 12.5. The molecule has 108 valence electrons. The van der Waals surface area contributed by atoms with Crippen molar-refractivity contribution < 1.29 is 13.2 Å². The second-order valence-corrected chi connectivity index (χ2v) is 4.81. The summed E-state index contributed by atoms with van der Waals surface area (Å²) in [6.45, 7) is 6.22. The van der Waals surface area contributed by atoms with Gasteiger partial charge in [0.2, 0.25) is 0 Å². The zero-order chi connectivity index (χ0) is 14.6. The van der Waals surface area contributed by atoms with Gasteiger partial charge < -0.3 is 11.1 Å². The van der Waals surface area contributed by atoms with Crippen LogP contribution in [0, 0.1) is 5.92 Å². The molecule has 3 N–H and O–H groups in total. The van der Waals surface area contributed by atoms with Gasteiger partial charge in [-0.2, -0.15) is 13.2 Å². The van der Waals surface area contributed by atoms with Gasteiger partial charge in [0, 0.05) is 6.04 Å². The molecule has 5 heteroatoms.